The second kappa shape index (κ2) is 24.4. The number of rotatable bonds is 12. The molecule has 78 heavy (non-hydrogen) atoms. The summed E-state index contributed by atoms with van der Waals surface area (Å²) in [5, 5.41) is 25.3. The zero-order valence-corrected chi connectivity index (χ0v) is 57.1. The Morgan fingerprint density at radius 3 is 0.859 bits per heavy atom. The molecule has 6 heteroatoms. The average Bonchev–Trinajstić information content (AvgIpc) is 3.28. The molecule has 0 radical (unpaired) electrons. The first kappa shape index (κ1) is 67.9. The van der Waals surface area contributed by atoms with Crippen LogP contribution >= 0.6 is 0 Å². The predicted octanol–water partition coefficient (Wildman–Crippen LogP) is 20.6. The molecule has 0 amide bonds. The van der Waals surface area contributed by atoms with Crippen LogP contribution in [0.25, 0.3) is 44.5 Å². The molecule has 0 saturated heterocycles. The number of phenolic OH excluding ortho intramolecular Hbond substituents is 2. The molecular formula is C72H104O4SiZr. The molecule has 6 rings (SSSR count). The van der Waals surface area contributed by atoms with Crippen molar-refractivity contribution in [1.82, 2.24) is 0 Å². The molecule has 0 aliphatic heterocycles. The van der Waals surface area contributed by atoms with E-state index in [9.17, 15) is 10.2 Å². The maximum Gasteiger partial charge on any atom is 0.267 e. The van der Waals surface area contributed by atoms with Crippen LogP contribution in [0.3, 0.4) is 0 Å². The second-order valence-corrected chi connectivity index (χ2v) is 34.6. The molecule has 0 aliphatic carbocycles. The molecule has 4 nitrogen and oxygen atoms in total. The standard InChI is InChI=1S/C70H96O4Si.2CH3.Zr/c1-43(2)75(44(3)4,41-73-61-27-25-49(65(7,8)9)39-57(61)59-31-45(5)29-55(63(59)71)47-33-51(67(13,14)15)37-52(34-47)68(16,17)18)42-74-62-28-26-50(66(10,11)12)40-58(62)60-32-46(6)30-56(64(60)72)48-35-53(69(19,20)21)38-54(36-48)70(22,23)24;;;/h25-40,43-44,71-72H,41-42H2,1-24H3;2*1H3;/q;2*-1;/p+2. The van der Waals surface area contributed by atoms with Gasteiger partial charge in [0.1, 0.15) is 11.5 Å². The molecular weight excluding hydrogens is 1050 g/mol. The van der Waals surface area contributed by atoms with Gasteiger partial charge in [-0.3, -0.25) is 0 Å². The molecule has 0 saturated carbocycles. The van der Waals surface area contributed by atoms with Gasteiger partial charge in [0.25, 0.3) is 19.6 Å². The maximum atomic E-state index is 12.7. The minimum absolute atomic E-state index is 0. The molecule has 0 unspecified atom stereocenters. The minimum Gasteiger partial charge on any atom is -0.585 e. The van der Waals surface area contributed by atoms with Gasteiger partial charge in [-0.25, -0.2) is 0 Å². The first-order valence-corrected chi connectivity index (χ1v) is 30.4. The van der Waals surface area contributed by atoms with E-state index in [1.54, 1.807) is 0 Å². The van der Waals surface area contributed by atoms with Crippen molar-refractivity contribution in [2.45, 2.75) is 210 Å². The molecule has 0 heterocycles. The van der Waals surface area contributed by atoms with Crippen LogP contribution < -0.4 is 0 Å². The fraction of sp³-hybridized carbons (Fsp3) is 0.472. The Kier molecular flexibility index (Phi) is 21.2. The van der Waals surface area contributed by atoms with Crippen molar-refractivity contribution in [3.05, 3.63) is 156 Å². The van der Waals surface area contributed by atoms with Gasteiger partial charge >= 0.3 is 0 Å². The Morgan fingerprint density at radius 2 is 0.615 bits per heavy atom. The maximum absolute atomic E-state index is 12.7. The van der Waals surface area contributed by atoms with Crippen molar-refractivity contribution in [2.24, 2.45) is 0 Å². The third kappa shape index (κ3) is 15.1. The van der Waals surface area contributed by atoms with Gasteiger partial charge in [-0.15, -0.1) is 0 Å². The smallest absolute Gasteiger partial charge is 0.267 e. The Morgan fingerprint density at radius 1 is 0.359 bits per heavy atom. The fourth-order valence-corrected chi connectivity index (χ4v) is 14.2. The summed E-state index contributed by atoms with van der Waals surface area (Å²) in [6.07, 6.45) is 1.34. The zero-order chi connectivity index (χ0) is 56.3. The fourth-order valence-electron chi connectivity index (χ4n) is 10.3. The van der Waals surface area contributed by atoms with Crippen LogP contribution in [0.2, 0.25) is 11.1 Å². The third-order valence-corrected chi connectivity index (χ3v) is 22.2. The van der Waals surface area contributed by atoms with Crippen LogP contribution in [-0.4, -0.2) is 40.2 Å². The molecule has 0 aromatic heterocycles. The van der Waals surface area contributed by atoms with E-state index in [-0.39, 0.29) is 85.0 Å². The molecule has 4 N–H and O–H groups in total. The molecule has 0 fully saturated rings. The summed E-state index contributed by atoms with van der Waals surface area (Å²) >= 11 is 0. The Labute approximate surface area is 496 Å². The van der Waals surface area contributed by atoms with E-state index < -0.39 is 8.07 Å². The quantitative estimate of drug-likeness (QED) is 0.0728. The number of aliphatic hydroxyl groups is 2. The summed E-state index contributed by atoms with van der Waals surface area (Å²) in [6.45, 7) is 54.4. The van der Waals surface area contributed by atoms with E-state index >= 15 is 0 Å². The molecule has 424 valence electrons. The third-order valence-electron chi connectivity index (χ3n) is 16.2. The van der Waals surface area contributed by atoms with Gasteiger partial charge in [-0.2, -0.15) is 0 Å². The Balaban J connectivity index is 0.00000533. The van der Waals surface area contributed by atoms with E-state index in [1.165, 1.54) is 33.4 Å². The van der Waals surface area contributed by atoms with E-state index in [2.05, 4.69) is 263 Å². The van der Waals surface area contributed by atoms with Crippen molar-refractivity contribution in [1.29, 1.82) is 0 Å². The van der Waals surface area contributed by atoms with E-state index in [1.807, 2.05) is 0 Å². The number of benzene rings is 6. The van der Waals surface area contributed by atoms with Crippen molar-refractivity contribution >= 4 is 8.07 Å². The van der Waals surface area contributed by atoms with Crippen LogP contribution in [0.15, 0.2) is 97.1 Å². The molecule has 0 spiro atoms. The van der Waals surface area contributed by atoms with Crippen LogP contribution in [0, 0.1) is 28.7 Å². The van der Waals surface area contributed by atoms with Crippen molar-refractivity contribution in [3.8, 4) is 67.5 Å². The normalized spacial score (nSPS) is 12.7. The molecule has 0 aliphatic rings. The van der Waals surface area contributed by atoms with Crippen molar-refractivity contribution < 1.29 is 45.9 Å². The van der Waals surface area contributed by atoms with Crippen molar-refractivity contribution in [3.63, 3.8) is 0 Å². The summed E-state index contributed by atoms with van der Waals surface area (Å²) in [5.74, 6) is 2.35. The molecule has 6 aromatic rings. The van der Waals surface area contributed by atoms with Crippen LogP contribution in [0.5, 0.6) is 23.0 Å². The van der Waals surface area contributed by atoms with Gasteiger partial charge in [-0.05, 0) is 162 Å². The SMILES string of the molecule is Cc1cc(-c2cc(C(C)(C)C)cc(C(C)(C)C)c2)c(O)c(-c2cc(C(C)(C)C)ccc2[OH+]C[Si](C[OH+]c2ccc(C(C)(C)C)cc2-c2cc(C)cc(-c3cc(C(C)(C)C)cc(C(C)(C)C)c3)c2O)(C(C)C)C(C)C)c1.[CH3-].[CH3-].[Zr]. The Bertz CT molecular complexity index is 2770. The summed E-state index contributed by atoms with van der Waals surface area (Å²) in [6, 6.07) is 35.7. The summed E-state index contributed by atoms with van der Waals surface area (Å²) in [7, 11) is -2.40. The molecule has 0 bridgehead atoms. The summed E-state index contributed by atoms with van der Waals surface area (Å²) < 4.78 is 11.4. The van der Waals surface area contributed by atoms with E-state index in [0.717, 1.165) is 67.1 Å². The number of ether oxygens (including phenoxy) is 2. The van der Waals surface area contributed by atoms with Gasteiger partial charge in [0, 0.05) is 60.6 Å². The number of hydrogen-bond donors (Lipinski definition) is 2. The largest absolute Gasteiger partial charge is 0.585 e. The van der Waals surface area contributed by atoms with E-state index in [4.69, 9.17) is 9.47 Å². The number of hydrogen-bond acceptors (Lipinski definition) is 2. The Hall–Kier alpha value is -4.38. The monoisotopic (exact) mass is 1150 g/mol. The van der Waals surface area contributed by atoms with Crippen LogP contribution in [0.4, 0.5) is 0 Å². The topological polar surface area (TPSA) is 66.1 Å². The van der Waals surface area contributed by atoms with Crippen LogP contribution in [0.1, 0.15) is 197 Å². The van der Waals surface area contributed by atoms with Crippen LogP contribution in [-0.2, 0) is 58.7 Å². The van der Waals surface area contributed by atoms with Gasteiger partial charge in [0.2, 0.25) is 0 Å². The average molecular weight is 1150 g/mol. The molecule has 0 atom stereocenters. The van der Waals surface area contributed by atoms with Gasteiger partial charge in [0.15, 0.2) is 12.5 Å². The van der Waals surface area contributed by atoms with Gasteiger partial charge in [-0.1, -0.05) is 189 Å². The van der Waals surface area contributed by atoms with E-state index in [0.29, 0.717) is 23.5 Å². The minimum atomic E-state index is -2.40. The first-order valence-electron chi connectivity index (χ1n) is 27.9. The van der Waals surface area contributed by atoms with Crippen molar-refractivity contribution in [2.75, 3.05) is 12.5 Å². The van der Waals surface area contributed by atoms with Gasteiger partial charge < -0.3 is 34.5 Å². The first-order chi connectivity index (χ1) is 34.2. The number of aryl methyl sites for hydroxylation is 2. The molecule has 6 aromatic carbocycles. The second-order valence-electron chi connectivity index (χ2n) is 29.2. The summed E-state index contributed by atoms with van der Waals surface area (Å²) in [4.78, 5) is 0. The predicted molar refractivity (Wildman–Crippen MR) is 341 cm³/mol. The number of aromatic hydroxyl groups is 4. The van der Waals surface area contributed by atoms with Gasteiger partial charge in [0.05, 0.1) is 11.1 Å². The zero-order valence-electron chi connectivity index (χ0n) is 53.6. The summed E-state index contributed by atoms with van der Waals surface area (Å²) in [5.41, 5.74) is 17.0. The number of phenols is 2.